The van der Waals surface area contributed by atoms with Crippen molar-refractivity contribution in [3.8, 4) is 0 Å². The van der Waals surface area contributed by atoms with Gasteiger partial charge in [-0.2, -0.15) is 0 Å². The van der Waals surface area contributed by atoms with Gasteiger partial charge in [0.1, 0.15) is 4.32 Å². The van der Waals surface area contributed by atoms with Crippen LogP contribution in [0.3, 0.4) is 0 Å². The van der Waals surface area contributed by atoms with E-state index in [4.69, 9.17) is 12.2 Å². The van der Waals surface area contributed by atoms with Crippen LogP contribution >= 0.6 is 47.1 Å². The number of unbranched alkanes of at least 4 members (excludes halogenated alkanes) is 2. The fourth-order valence-electron chi connectivity index (χ4n) is 2.32. The standard InChI is InChI=1S/C15H22N4O2S4/c1-3-10-12(21)19(15(22)24-10)9-7-5-6-8-11(20)16-13-17-18-14(25-13)23-4-2/h10H,3-9H2,1-2H3,(H,16,17,20). The summed E-state index contributed by atoms with van der Waals surface area (Å²) in [6.45, 7) is 4.70. The highest BCUT2D eigenvalue weighted by Gasteiger charge is 2.34. The molecule has 0 radical (unpaired) electrons. The van der Waals surface area contributed by atoms with Crippen LogP contribution in [0.4, 0.5) is 5.13 Å². The second-order valence-electron chi connectivity index (χ2n) is 5.44. The second-order valence-corrected chi connectivity index (χ2v) is 9.76. The third-order valence-electron chi connectivity index (χ3n) is 3.58. The summed E-state index contributed by atoms with van der Waals surface area (Å²) in [7, 11) is 0. The van der Waals surface area contributed by atoms with Crippen LogP contribution in [0.15, 0.2) is 4.34 Å². The van der Waals surface area contributed by atoms with Crippen molar-refractivity contribution in [2.45, 2.75) is 55.5 Å². The second kappa shape index (κ2) is 10.4. The molecule has 2 heterocycles. The van der Waals surface area contributed by atoms with Crippen molar-refractivity contribution in [2.75, 3.05) is 17.6 Å². The van der Waals surface area contributed by atoms with Crippen LogP contribution in [0.25, 0.3) is 0 Å². The Morgan fingerprint density at radius 3 is 2.80 bits per heavy atom. The van der Waals surface area contributed by atoms with E-state index in [9.17, 15) is 9.59 Å². The Labute approximate surface area is 165 Å². The molecule has 0 aromatic carbocycles. The average molecular weight is 419 g/mol. The number of hydrogen-bond donors (Lipinski definition) is 1. The number of amides is 2. The summed E-state index contributed by atoms with van der Waals surface area (Å²) in [6.07, 6.45) is 3.77. The lowest BCUT2D eigenvalue weighted by Gasteiger charge is -2.15. The smallest absolute Gasteiger partial charge is 0.241 e. The fourth-order valence-corrected chi connectivity index (χ4v) is 5.46. The minimum atomic E-state index is -0.0430. The van der Waals surface area contributed by atoms with Crippen LogP contribution in [0.5, 0.6) is 0 Å². The first-order valence-electron chi connectivity index (χ1n) is 8.33. The summed E-state index contributed by atoms with van der Waals surface area (Å²) in [5.41, 5.74) is 0. The lowest BCUT2D eigenvalue weighted by molar-refractivity contribution is -0.126. The number of thioether (sulfide) groups is 2. The van der Waals surface area contributed by atoms with Crippen LogP contribution < -0.4 is 5.32 Å². The maximum absolute atomic E-state index is 12.1. The minimum absolute atomic E-state index is 0.0130. The van der Waals surface area contributed by atoms with Gasteiger partial charge in [-0.25, -0.2) is 0 Å². The molecule has 1 aliphatic heterocycles. The molecule has 6 nitrogen and oxygen atoms in total. The van der Waals surface area contributed by atoms with E-state index in [1.165, 1.54) is 23.1 Å². The van der Waals surface area contributed by atoms with Gasteiger partial charge >= 0.3 is 0 Å². The van der Waals surface area contributed by atoms with E-state index < -0.39 is 0 Å². The van der Waals surface area contributed by atoms with E-state index >= 15 is 0 Å². The molecule has 2 amide bonds. The van der Waals surface area contributed by atoms with E-state index in [0.29, 0.717) is 22.4 Å². The first-order valence-corrected chi connectivity index (χ1v) is 11.4. The van der Waals surface area contributed by atoms with Gasteiger partial charge in [-0.15, -0.1) is 10.2 Å². The number of hydrogen-bond acceptors (Lipinski definition) is 8. The van der Waals surface area contributed by atoms with Crippen molar-refractivity contribution in [3.63, 3.8) is 0 Å². The Morgan fingerprint density at radius 1 is 1.32 bits per heavy atom. The molecule has 1 aromatic heterocycles. The summed E-state index contributed by atoms with van der Waals surface area (Å²) >= 11 is 9.76. The third-order valence-corrected chi connectivity index (χ3v) is 7.19. The van der Waals surface area contributed by atoms with Gasteiger partial charge in [0, 0.05) is 13.0 Å². The number of anilines is 1. The maximum atomic E-state index is 12.1. The number of nitrogens with zero attached hydrogens (tertiary/aromatic N) is 3. The lowest BCUT2D eigenvalue weighted by Crippen LogP contribution is -2.32. The normalized spacial score (nSPS) is 17.4. The van der Waals surface area contributed by atoms with Crippen LogP contribution in [0, 0.1) is 0 Å². The van der Waals surface area contributed by atoms with Crippen molar-refractivity contribution < 1.29 is 9.59 Å². The van der Waals surface area contributed by atoms with Gasteiger partial charge in [-0.1, -0.05) is 67.3 Å². The highest BCUT2D eigenvalue weighted by Crippen LogP contribution is 2.29. The third kappa shape index (κ3) is 6.19. The molecule has 1 fully saturated rings. The van der Waals surface area contributed by atoms with Crippen LogP contribution in [-0.4, -0.2) is 48.8 Å². The molecular weight excluding hydrogens is 396 g/mol. The first kappa shape index (κ1) is 20.6. The largest absolute Gasteiger partial charge is 0.301 e. The molecule has 0 saturated carbocycles. The summed E-state index contributed by atoms with van der Waals surface area (Å²) in [5.74, 6) is 1.02. The number of rotatable bonds is 10. The molecule has 1 aliphatic rings. The Kier molecular flexibility index (Phi) is 8.60. The summed E-state index contributed by atoms with van der Waals surface area (Å²) < 4.78 is 1.55. The lowest BCUT2D eigenvalue weighted by atomic mass is 10.2. The molecule has 1 aromatic rings. The van der Waals surface area contributed by atoms with E-state index in [-0.39, 0.29) is 17.1 Å². The zero-order valence-corrected chi connectivity index (χ0v) is 17.6. The van der Waals surface area contributed by atoms with E-state index in [2.05, 4.69) is 15.5 Å². The highest BCUT2D eigenvalue weighted by atomic mass is 32.2. The Bertz CT molecular complexity index is 622. The molecule has 1 unspecified atom stereocenters. The molecule has 2 rings (SSSR count). The molecule has 1 saturated heterocycles. The average Bonchev–Trinajstić information content (AvgIpc) is 3.12. The quantitative estimate of drug-likeness (QED) is 0.268. The van der Waals surface area contributed by atoms with Gasteiger partial charge in [0.25, 0.3) is 0 Å². The molecule has 25 heavy (non-hydrogen) atoms. The predicted octanol–water partition coefficient (Wildman–Crippen LogP) is 3.79. The monoisotopic (exact) mass is 418 g/mol. The molecule has 0 spiro atoms. The van der Waals surface area contributed by atoms with Crippen LogP contribution in [0.1, 0.15) is 46.0 Å². The molecule has 1 N–H and O–H groups in total. The van der Waals surface area contributed by atoms with E-state index in [1.54, 1.807) is 16.7 Å². The summed E-state index contributed by atoms with van der Waals surface area (Å²) in [5, 5.41) is 11.3. The number of aromatic nitrogens is 2. The molecule has 0 bridgehead atoms. The maximum Gasteiger partial charge on any atom is 0.241 e. The molecule has 10 heteroatoms. The van der Waals surface area contributed by atoms with Crippen molar-refractivity contribution in [3.05, 3.63) is 0 Å². The van der Waals surface area contributed by atoms with Gasteiger partial charge in [0.15, 0.2) is 4.34 Å². The van der Waals surface area contributed by atoms with E-state index in [0.717, 1.165) is 35.8 Å². The first-order chi connectivity index (χ1) is 12.0. The van der Waals surface area contributed by atoms with Gasteiger partial charge in [0.2, 0.25) is 16.9 Å². The highest BCUT2D eigenvalue weighted by molar-refractivity contribution is 8.24. The van der Waals surface area contributed by atoms with Crippen LogP contribution in [-0.2, 0) is 9.59 Å². The molecular formula is C15H22N4O2S4. The molecule has 1 atom stereocenters. The van der Waals surface area contributed by atoms with Gasteiger partial charge < -0.3 is 5.32 Å². The zero-order chi connectivity index (χ0) is 18.2. The Hall–Kier alpha value is -0.710. The topological polar surface area (TPSA) is 75.2 Å². The number of carbonyl (C=O) groups is 2. The molecule has 138 valence electrons. The van der Waals surface area contributed by atoms with Crippen molar-refractivity contribution >= 4 is 68.3 Å². The summed E-state index contributed by atoms with van der Waals surface area (Å²) in [6, 6.07) is 0. The van der Waals surface area contributed by atoms with Gasteiger partial charge in [0.05, 0.1) is 5.25 Å². The van der Waals surface area contributed by atoms with Crippen molar-refractivity contribution in [1.82, 2.24) is 15.1 Å². The Morgan fingerprint density at radius 2 is 2.12 bits per heavy atom. The molecule has 0 aliphatic carbocycles. The van der Waals surface area contributed by atoms with Crippen molar-refractivity contribution in [2.24, 2.45) is 0 Å². The summed E-state index contributed by atoms with van der Waals surface area (Å²) in [4.78, 5) is 25.7. The Balaban J connectivity index is 1.61. The predicted molar refractivity (Wildman–Crippen MR) is 109 cm³/mol. The van der Waals surface area contributed by atoms with Crippen LogP contribution in [0.2, 0.25) is 0 Å². The minimum Gasteiger partial charge on any atom is -0.301 e. The SMILES string of the molecule is CCSc1nnc(NC(=O)CCCCCN2C(=O)C(CC)SC2=S)s1. The van der Waals surface area contributed by atoms with Crippen molar-refractivity contribution in [1.29, 1.82) is 0 Å². The van der Waals surface area contributed by atoms with Gasteiger partial charge in [-0.05, 0) is 25.0 Å². The van der Waals surface area contributed by atoms with E-state index in [1.807, 2.05) is 13.8 Å². The fraction of sp³-hybridized carbons (Fsp3) is 0.667. The van der Waals surface area contributed by atoms with Gasteiger partial charge in [-0.3, -0.25) is 14.5 Å². The number of thiocarbonyl (C=S) groups is 1. The zero-order valence-electron chi connectivity index (χ0n) is 14.3. The number of carbonyl (C=O) groups excluding carboxylic acids is 2. The number of nitrogens with one attached hydrogen (secondary N) is 1.